The Kier molecular flexibility index (Phi) is 4.26. The van der Waals surface area contributed by atoms with Crippen LogP contribution >= 0.6 is 0 Å². The van der Waals surface area contributed by atoms with Gasteiger partial charge in [-0.05, 0) is 44.2 Å². The van der Waals surface area contributed by atoms with Gasteiger partial charge in [-0.2, -0.15) is 0 Å². The molecular weight excluding hydrogens is 361 g/mol. The Labute approximate surface area is 161 Å². The molecule has 28 heavy (non-hydrogen) atoms. The molecular formula is C20H20FN5O2. The minimum Gasteiger partial charge on any atom is -0.481 e. The third-order valence-electron chi connectivity index (χ3n) is 4.61. The molecule has 3 heterocycles. The van der Waals surface area contributed by atoms with Crippen LogP contribution in [-0.2, 0) is 16.9 Å². The summed E-state index contributed by atoms with van der Waals surface area (Å²) < 4.78 is 20.4. The highest BCUT2D eigenvalue weighted by Crippen LogP contribution is 2.36. The molecule has 3 aromatic rings. The van der Waals surface area contributed by atoms with E-state index in [2.05, 4.69) is 15.6 Å². The van der Waals surface area contributed by atoms with Gasteiger partial charge in [-0.15, -0.1) is 0 Å². The van der Waals surface area contributed by atoms with Gasteiger partial charge in [-0.1, -0.05) is 0 Å². The van der Waals surface area contributed by atoms with Crippen molar-refractivity contribution in [1.29, 1.82) is 0 Å². The monoisotopic (exact) mass is 381 g/mol. The fraction of sp³-hybridized carbons (Fsp3) is 0.250. The zero-order chi connectivity index (χ0) is 19.9. The van der Waals surface area contributed by atoms with Gasteiger partial charge in [0.15, 0.2) is 0 Å². The van der Waals surface area contributed by atoms with Crippen LogP contribution in [0.1, 0.15) is 19.7 Å². The van der Waals surface area contributed by atoms with Gasteiger partial charge in [-0.3, -0.25) is 4.79 Å². The van der Waals surface area contributed by atoms with Crippen LogP contribution in [0, 0.1) is 5.82 Å². The first-order valence-electron chi connectivity index (χ1n) is 8.82. The number of aromatic nitrogens is 3. The summed E-state index contributed by atoms with van der Waals surface area (Å²) in [4.78, 5) is 21.2. The largest absolute Gasteiger partial charge is 0.481 e. The normalized spacial score (nSPS) is 14.9. The number of amides is 1. The first-order valence-corrected chi connectivity index (χ1v) is 8.82. The smallest absolute Gasteiger partial charge is 0.240 e. The second kappa shape index (κ2) is 6.63. The molecule has 0 saturated carbocycles. The van der Waals surface area contributed by atoms with Crippen molar-refractivity contribution in [3.05, 3.63) is 54.2 Å². The lowest BCUT2D eigenvalue weighted by molar-refractivity contribution is -0.124. The average molecular weight is 381 g/mol. The van der Waals surface area contributed by atoms with Crippen LogP contribution in [0.15, 0.2) is 42.6 Å². The topological polar surface area (TPSA) is 81.1 Å². The maximum Gasteiger partial charge on any atom is 0.240 e. The number of halogens is 1. The number of anilines is 2. The molecule has 2 aromatic heterocycles. The zero-order valence-corrected chi connectivity index (χ0v) is 15.8. The van der Waals surface area contributed by atoms with Crippen molar-refractivity contribution in [3.63, 3.8) is 0 Å². The van der Waals surface area contributed by atoms with Crippen molar-refractivity contribution in [2.24, 2.45) is 0 Å². The third-order valence-corrected chi connectivity index (χ3v) is 4.61. The number of imidazole rings is 1. The lowest BCUT2D eigenvalue weighted by atomic mass is 10.0. The Morgan fingerprint density at radius 1 is 1.21 bits per heavy atom. The van der Waals surface area contributed by atoms with E-state index in [1.165, 1.54) is 12.1 Å². The van der Waals surface area contributed by atoms with E-state index >= 15 is 0 Å². The maximum absolute atomic E-state index is 13.4. The van der Waals surface area contributed by atoms with Gasteiger partial charge in [0.1, 0.15) is 29.7 Å². The molecule has 8 heteroatoms. The third kappa shape index (κ3) is 3.17. The highest BCUT2D eigenvalue weighted by Gasteiger charge is 2.36. The van der Waals surface area contributed by atoms with E-state index in [9.17, 15) is 9.18 Å². The summed E-state index contributed by atoms with van der Waals surface area (Å²) in [5, 5.41) is 6.27. The lowest BCUT2D eigenvalue weighted by Gasteiger charge is -2.31. The average Bonchev–Trinajstić information content (AvgIpc) is 3.02. The summed E-state index contributed by atoms with van der Waals surface area (Å²) in [5.41, 5.74) is 1.46. The lowest BCUT2D eigenvalue weighted by Crippen LogP contribution is -2.49. The quantitative estimate of drug-likeness (QED) is 0.725. The number of fused-ring (bicyclic) bond motifs is 1. The SMILES string of the molecule is COc1ccc(Nc2c(-c3ccc(F)cc3)nc3n2CC(=O)NC3(C)C)cn1. The van der Waals surface area contributed by atoms with E-state index in [1.807, 2.05) is 24.5 Å². The Bertz CT molecular complexity index is 1030. The number of benzene rings is 1. The maximum atomic E-state index is 13.4. The second-order valence-electron chi connectivity index (χ2n) is 7.11. The molecule has 0 saturated heterocycles. The number of rotatable bonds is 4. The predicted molar refractivity (Wildman–Crippen MR) is 103 cm³/mol. The highest BCUT2D eigenvalue weighted by atomic mass is 19.1. The number of nitrogens with zero attached hydrogens (tertiary/aromatic N) is 3. The van der Waals surface area contributed by atoms with Crippen LogP contribution in [0.25, 0.3) is 11.3 Å². The van der Waals surface area contributed by atoms with E-state index in [4.69, 9.17) is 9.72 Å². The summed E-state index contributed by atoms with van der Waals surface area (Å²) in [6.07, 6.45) is 1.64. The Balaban J connectivity index is 1.85. The van der Waals surface area contributed by atoms with Gasteiger partial charge in [-0.25, -0.2) is 14.4 Å². The van der Waals surface area contributed by atoms with E-state index in [0.717, 1.165) is 17.1 Å². The number of carbonyl (C=O) groups is 1. The van der Waals surface area contributed by atoms with Gasteiger partial charge < -0.3 is 19.9 Å². The molecule has 0 fully saturated rings. The summed E-state index contributed by atoms with van der Waals surface area (Å²) in [5.74, 6) is 1.45. The Hall–Kier alpha value is -3.42. The van der Waals surface area contributed by atoms with Crippen LogP contribution in [0.5, 0.6) is 5.88 Å². The molecule has 144 valence electrons. The van der Waals surface area contributed by atoms with E-state index < -0.39 is 5.54 Å². The van der Waals surface area contributed by atoms with Crippen molar-refractivity contribution in [2.75, 3.05) is 12.4 Å². The first-order chi connectivity index (χ1) is 13.4. The fourth-order valence-corrected chi connectivity index (χ4v) is 3.32. The molecule has 1 aliphatic heterocycles. The van der Waals surface area contributed by atoms with Crippen molar-refractivity contribution in [1.82, 2.24) is 19.9 Å². The number of hydrogen-bond donors (Lipinski definition) is 2. The van der Waals surface area contributed by atoms with Crippen molar-refractivity contribution in [2.45, 2.75) is 25.9 Å². The molecule has 0 bridgehead atoms. The van der Waals surface area contributed by atoms with Gasteiger partial charge in [0, 0.05) is 11.6 Å². The zero-order valence-electron chi connectivity index (χ0n) is 15.8. The van der Waals surface area contributed by atoms with Crippen molar-refractivity contribution >= 4 is 17.4 Å². The molecule has 1 aliphatic rings. The highest BCUT2D eigenvalue weighted by molar-refractivity contribution is 5.83. The number of nitrogens with one attached hydrogen (secondary N) is 2. The van der Waals surface area contributed by atoms with Crippen LogP contribution in [0.4, 0.5) is 15.9 Å². The molecule has 0 radical (unpaired) electrons. The van der Waals surface area contributed by atoms with E-state index in [1.54, 1.807) is 31.5 Å². The van der Waals surface area contributed by atoms with E-state index in [0.29, 0.717) is 17.4 Å². The van der Waals surface area contributed by atoms with Crippen LogP contribution < -0.4 is 15.4 Å². The second-order valence-corrected chi connectivity index (χ2v) is 7.11. The summed E-state index contributed by atoms with van der Waals surface area (Å²) in [6.45, 7) is 3.94. The van der Waals surface area contributed by atoms with Crippen molar-refractivity contribution < 1.29 is 13.9 Å². The number of pyridine rings is 1. The van der Waals surface area contributed by atoms with Gasteiger partial charge >= 0.3 is 0 Å². The molecule has 1 aromatic carbocycles. The molecule has 0 aliphatic carbocycles. The molecule has 0 atom stereocenters. The molecule has 1 amide bonds. The number of methoxy groups -OCH3 is 1. The van der Waals surface area contributed by atoms with Gasteiger partial charge in [0.25, 0.3) is 0 Å². The van der Waals surface area contributed by atoms with Gasteiger partial charge in [0.2, 0.25) is 11.8 Å². The first kappa shape index (κ1) is 18.0. The number of hydrogen-bond acceptors (Lipinski definition) is 5. The van der Waals surface area contributed by atoms with Crippen molar-refractivity contribution in [3.8, 4) is 17.1 Å². The molecule has 7 nitrogen and oxygen atoms in total. The molecule has 4 rings (SSSR count). The predicted octanol–water partition coefficient (Wildman–Crippen LogP) is 3.20. The fourth-order valence-electron chi connectivity index (χ4n) is 3.32. The summed E-state index contributed by atoms with van der Waals surface area (Å²) in [7, 11) is 1.55. The minimum atomic E-state index is -0.637. The standard InChI is InChI=1S/C20H20FN5O2/c1-20(2)19-24-17(12-4-6-13(21)7-5-12)18(26(19)11-15(27)25-20)23-14-8-9-16(28-3)22-10-14/h4-10,23H,11H2,1-3H3,(H,25,27). The van der Waals surface area contributed by atoms with Crippen LogP contribution in [-0.4, -0.2) is 27.6 Å². The Morgan fingerprint density at radius 3 is 2.61 bits per heavy atom. The van der Waals surface area contributed by atoms with Crippen LogP contribution in [0.2, 0.25) is 0 Å². The number of ether oxygens (including phenoxy) is 1. The minimum absolute atomic E-state index is 0.100. The van der Waals surface area contributed by atoms with E-state index in [-0.39, 0.29) is 18.3 Å². The molecule has 0 unspecified atom stereocenters. The Morgan fingerprint density at radius 2 is 1.96 bits per heavy atom. The molecule has 0 spiro atoms. The summed E-state index contributed by atoms with van der Waals surface area (Å²) in [6, 6.07) is 9.69. The summed E-state index contributed by atoms with van der Waals surface area (Å²) >= 11 is 0. The molecule has 2 N–H and O–H groups in total. The van der Waals surface area contributed by atoms with Crippen LogP contribution in [0.3, 0.4) is 0 Å². The van der Waals surface area contributed by atoms with Gasteiger partial charge in [0.05, 0.1) is 24.5 Å². The number of carbonyl (C=O) groups excluding carboxylic acids is 1.